The first kappa shape index (κ1) is 23.3. The van der Waals surface area contributed by atoms with Crippen LogP contribution in [0, 0.1) is 42.2 Å². The Morgan fingerprint density at radius 2 is 1.22 bits per heavy atom. The molecule has 0 saturated heterocycles. The van der Waals surface area contributed by atoms with Gasteiger partial charge in [-0.1, -0.05) is 74.5 Å². The molecule has 0 amide bonds. The second-order valence-electron chi connectivity index (χ2n) is 8.02. The first-order chi connectivity index (χ1) is 15.5. The van der Waals surface area contributed by atoms with Crippen LogP contribution in [0.5, 0.6) is 0 Å². The third-order valence-corrected chi connectivity index (χ3v) is 5.36. The Balaban J connectivity index is 1.61. The number of hydrogen-bond acceptors (Lipinski definition) is 0. The third kappa shape index (κ3) is 7.11. The lowest BCUT2D eigenvalue weighted by Gasteiger charge is -2.02. The molecule has 0 aliphatic carbocycles. The quantitative estimate of drug-likeness (QED) is 0.281. The van der Waals surface area contributed by atoms with Gasteiger partial charge in [-0.25, -0.2) is 8.78 Å². The summed E-state index contributed by atoms with van der Waals surface area (Å²) in [6.07, 6.45) is 7.49. The van der Waals surface area contributed by atoms with Gasteiger partial charge in [0, 0.05) is 16.7 Å². The maximum absolute atomic E-state index is 14.4. The van der Waals surface area contributed by atoms with Gasteiger partial charge in [0.15, 0.2) is 0 Å². The molecule has 3 rings (SSSR count). The Kier molecular flexibility index (Phi) is 8.65. The summed E-state index contributed by atoms with van der Waals surface area (Å²) in [5, 5.41) is 0. The number of aryl methyl sites for hydroxylation is 2. The molecule has 0 unspecified atom stereocenters. The minimum absolute atomic E-state index is 0.264. The van der Waals surface area contributed by atoms with Gasteiger partial charge in [-0.05, 0) is 73.4 Å². The number of rotatable bonds is 6. The van der Waals surface area contributed by atoms with Crippen molar-refractivity contribution in [1.29, 1.82) is 0 Å². The number of halogens is 2. The maximum atomic E-state index is 14.4. The molecule has 0 fully saturated rings. The first-order valence-electron chi connectivity index (χ1n) is 11.2. The van der Waals surface area contributed by atoms with Crippen molar-refractivity contribution in [3.05, 3.63) is 106 Å². The number of hydrogen-bond donors (Lipinski definition) is 0. The van der Waals surface area contributed by atoms with Crippen molar-refractivity contribution < 1.29 is 8.78 Å². The molecule has 0 aromatic heterocycles. The molecule has 0 N–H and O–H groups in total. The SMILES string of the molecule is CCCCCCCc1ccc(C#Cc2ccc(C#Cc3ccc(C)c(F)c3)c(F)c2)cc1. The molecule has 0 bridgehead atoms. The van der Waals surface area contributed by atoms with Gasteiger partial charge in [-0.15, -0.1) is 0 Å². The lowest BCUT2D eigenvalue weighted by Crippen LogP contribution is -1.88. The van der Waals surface area contributed by atoms with Crippen molar-refractivity contribution in [2.75, 3.05) is 0 Å². The number of unbranched alkanes of at least 4 members (excludes halogenated alkanes) is 4. The summed E-state index contributed by atoms with van der Waals surface area (Å²) in [4.78, 5) is 0. The zero-order valence-corrected chi connectivity index (χ0v) is 18.8. The summed E-state index contributed by atoms with van der Waals surface area (Å²) in [5.41, 5.74) is 4.16. The first-order valence-corrected chi connectivity index (χ1v) is 11.2. The highest BCUT2D eigenvalue weighted by atomic mass is 19.1. The molecular formula is C30H28F2. The minimum Gasteiger partial charge on any atom is -0.207 e. The van der Waals surface area contributed by atoms with Crippen LogP contribution in [0.15, 0.2) is 60.7 Å². The highest BCUT2D eigenvalue weighted by Gasteiger charge is 2.01. The molecule has 0 radical (unpaired) electrons. The molecule has 3 aromatic rings. The summed E-state index contributed by atoms with van der Waals surface area (Å²) in [7, 11) is 0. The molecule has 0 aliphatic rings. The normalized spacial score (nSPS) is 10.1. The summed E-state index contributed by atoms with van der Waals surface area (Å²) in [5.74, 6) is 10.9. The second-order valence-corrected chi connectivity index (χ2v) is 8.02. The van der Waals surface area contributed by atoms with Crippen LogP contribution in [0.4, 0.5) is 8.78 Å². The van der Waals surface area contributed by atoms with Crippen molar-refractivity contribution >= 4 is 0 Å². The van der Waals surface area contributed by atoms with Crippen LogP contribution in [-0.2, 0) is 6.42 Å². The van der Waals surface area contributed by atoms with E-state index in [2.05, 4.69) is 42.7 Å². The maximum Gasteiger partial charge on any atom is 0.140 e. The van der Waals surface area contributed by atoms with Gasteiger partial charge >= 0.3 is 0 Å². The predicted molar refractivity (Wildman–Crippen MR) is 128 cm³/mol. The largest absolute Gasteiger partial charge is 0.207 e. The van der Waals surface area contributed by atoms with E-state index in [9.17, 15) is 8.78 Å². The van der Waals surface area contributed by atoms with Crippen molar-refractivity contribution in [2.24, 2.45) is 0 Å². The van der Waals surface area contributed by atoms with Gasteiger partial charge in [0.1, 0.15) is 11.6 Å². The van der Waals surface area contributed by atoms with E-state index in [1.807, 2.05) is 12.1 Å². The van der Waals surface area contributed by atoms with Gasteiger partial charge in [0.2, 0.25) is 0 Å². The lowest BCUT2D eigenvalue weighted by molar-refractivity contribution is 0.618. The standard InChI is InChI=1S/C30H28F2/c1-3-4-5-6-7-8-24-11-13-25(14-12-24)15-16-27-18-20-28(30(32)22-27)19-17-26-10-9-23(2)29(31)21-26/h9-14,18,20-22H,3-8H2,1-2H3. The fourth-order valence-corrected chi connectivity index (χ4v) is 3.34. The monoisotopic (exact) mass is 426 g/mol. The van der Waals surface area contributed by atoms with E-state index in [4.69, 9.17) is 0 Å². The summed E-state index contributed by atoms with van der Waals surface area (Å²) < 4.78 is 28.0. The molecule has 32 heavy (non-hydrogen) atoms. The van der Waals surface area contributed by atoms with Gasteiger partial charge in [-0.2, -0.15) is 0 Å². The van der Waals surface area contributed by atoms with E-state index in [1.165, 1.54) is 49.8 Å². The molecule has 0 spiro atoms. The highest BCUT2D eigenvalue weighted by Crippen LogP contribution is 2.13. The van der Waals surface area contributed by atoms with Gasteiger partial charge in [0.25, 0.3) is 0 Å². The Labute approximate surface area is 190 Å². The van der Waals surface area contributed by atoms with Crippen molar-refractivity contribution in [1.82, 2.24) is 0 Å². The average molecular weight is 427 g/mol. The summed E-state index contributed by atoms with van der Waals surface area (Å²) in [6, 6.07) is 17.8. The topological polar surface area (TPSA) is 0 Å². The highest BCUT2D eigenvalue weighted by molar-refractivity contribution is 5.49. The van der Waals surface area contributed by atoms with E-state index in [0.29, 0.717) is 16.7 Å². The van der Waals surface area contributed by atoms with Crippen molar-refractivity contribution in [3.63, 3.8) is 0 Å². The van der Waals surface area contributed by atoms with Crippen LogP contribution in [0.1, 0.15) is 72.4 Å². The summed E-state index contributed by atoms with van der Waals surface area (Å²) in [6.45, 7) is 3.92. The van der Waals surface area contributed by atoms with Crippen LogP contribution in [0.3, 0.4) is 0 Å². The Hall–Kier alpha value is -3.36. The Morgan fingerprint density at radius 3 is 1.91 bits per heavy atom. The van der Waals surface area contributed by atoms with E-state index in [1.54, 1.807) is 31.2 Å². The van der Waals surface area contributed by atoms with Gasteiger partial charge in [0.05, 0.1) is 5.56 Å². The molecule has 2 heteroatoms. The summed E-state index contributed by atoms with van der Waals surface area (Å²) >= 11 is 0. The predicted octanol–water partition coefficient (Wildman–Crippen LogP) is 7.59. The fourth-order valence-electron chi connectivity index (χ4n) is 3.34. The molecule has 0 saturated carbocycles. The Morgan fingerprint density at radius 1 is 0.625 bits per heavy atom. The molecule has 0 aliphatic heterocycles. The number of benzene rings is 3. The molecule has 0 atom stereocenters. The Bertz CT molecular complexity index is 1170. The van der Waals surface area contributed by atoms with Crippen molar-refractivity contribution in [2.45, 2.75) is 52.4 Å². The van der Waals surface area contributed by atoms with E-state index < -0.39 is 5.82 Å². The second kappa shape index (κ2) is 11.9. The lowest BCUT2D eigenvalue weighted by atomic mass is 10.0. The zero-order valence-electron chi connectivity index (χ0n) is 18.8. The molecule has 0 heterocycles. The van der Waals surface area contributed by atoms with Crippen LogP contribution in [0.25, 0.3) is 0 Å². The fraction of sp³-hybridized carbons (Fsp3) is 0.267. The van der Waals surface area contributed by atoms with Gasteiger partial charge in [-0.3, -0.25) is 0 Å². The molecule has 162 valence electrons. The van der Waals surface area contributed by atoms with Crippen molar-refractivity contribution in [3.8, 4) is 23.7 Å². The molecule has 0 nitrogen and oxygen atoms in total. The minimum atomic E-state index is -0.435. The molecular weight excluding hydrogens is 398 g/mol. The van der Waals surface area contributed by atoms with Crippen LogP contribution < -0.4 is 0 Å². The van der Waals surface area contributed by atoms with Gasteiger partial charge < -0.3 is 0 Å². The van der Waals surface area contributed by atoms with Crippen LogP contribution in [0.2, 0.25) is 0 Å². The third-order valence-electron chi connectivity index (χ3n) is 5.36. The van der Waals surface area contributed by atoms with E-state index in [-0.39, 0.29) is 11.4 Å². The van der Waals surface area contributed by atoms with Crippen LogP contribution in [-0.4, -0.2) is 0 Å². The smallest absolute Gasteiger partial charge is 0.140 e. The van der Waals surface area contributed by atoms with E-state index >= 15 is 0 Å². The molecule has 3 aromatic carbocycles. The zero-order chi connectivity index (χ0) is 22.8. The average Bonchev–Trinajstić information content (AvgIpc) is 2.80. The van der Waals surface area contributed by atoms with E-state index in [0.717, 1.165) is 12.0 Å². The van der Waals surface area contributed by atoms with Crippen LogP contribution >= 0.6 is 0 Å².